The number of hydrogen-bond donors (Lipinski definition) is 3. The summed E-state index contributed by atoms with van der Waals surface area (Å²) in [6.45, 7) is 0.564. The fraction of sp³-hybridized carbons (Fsp3) is 0.105. The van der Waals surface area contributed by atoms with E-state index < -0.39 is 0 Å². The van der Waals surface area contributed by atoms with E-state index in [1.807, 2.05) is 6.07 Å². The van der Waals surface area contributed by atoms with E-state index in [9.17, 15) is 14.0 Å². The lowest BCUT2D eigenvalue weighted by Gasteiger charge is -2.08. The summed E-state index contributed by atoms with van der Waals surface area (Å²) in [7, 11) is 0. The van der Waals surface area contributed by atoms with Crippen LogP contribution in [0.5, 0.6) is 0 Å². The van der Waals surface area contributed by atoms with Gasteiger partial charge in [0.25, 0.3) is 11.8 Å². The summed E-state index contributed by atoms with van der Waals surface area (Å²) >= 11 is 0. The smallest absolute Gasteiger partial charge is 0.255 e. The highest BCUT2D eigenvalue weighted by Gasteiger charge is 2.15. The Kier molecular flexibility index (Phi) is 5.38. The Labute approximate surface area is 149 Å². The minimum absolute atomic E-state index is 0.199. The van der Waals surface area contributed by atoms with Crippen molar-refractivity contribution in [1.29, 1.82) is 0 Å². The van der Waals surface area contributed by atoms with Crippen molar-refractivity contribution in [2.24, 2.45) is 0 Å². The zero-order valence-electron chi connectivity index (χ0n) is 13.8. The highest BCUT2D eigenvalue weighted by Crippen LogP contribution is 2.21. The molecule has 0 aliphatic carbocycles. The Bertz CT molecular complexity index is 891. The SMILES string of the molecule is O=C(NCCNC(=O)c1cn[nH]c1-c1ccc(F)cc1)c1ccccc1. The third-order valence-corrected chi connectivity index (χ3v) is 3.75. The van der Waals surface area contributed by atoms with Crippen LogP contribution in [0.15, 0.2) is 60.8 Å². The van der Waals surface area contributed by atoms with E-state index in [0.717, 1.165) is 0 Å². The lowest BCUT2D eigenvalue weighted by Crippen LogP contribution is -2.34. The summed E-state index contributed by atoms with van der Waals surface area (Å²) < 4.78 is 13.0. The summed E-state index contributed by atoms with van der Waals surface area (Å²) in [6, 6.07) is 14.6. The van der Waals surface area contributed by atoms with Crippen molar-refractivity contribution in [3.63, 3.8) is 0 Å². The minimum atomic E-state index is -0.353. The van der Waals surface area contributed by atoms with E-state index in [-0.39, 0.29) is 24.2 Å². The third-order valence-electron chi connectivity index (χ3n) is 3.75. The van der Waals surface area contributed by atoms with Crippen molar-refractivity contribution in [1.82, 2.24) is 20.8 Å². The molecule has 1 aromatic heterocycles. The molecule has 2 amide bonds. The molecule has 0 saturated carbocycles. The topological polar surface area (TPSA) is 86.9 Å². The number of nitrogens with zero attached hydrogens (tertiary/aromatic N) is 1. The van der Waals surface area contributed by atoms with E-state index in [2.05, 4.69) is 20.8 Å². The van der Waals surface area contributed by atoms with Crippen LogP contribution in [0.4, 0.5) is 4.39 Å². The average molecular weight is 352 g/mol. The van der Waals surface area contributed by atoms with Gasteiger partial charge in [0.15, 0.2) is 0 Å². The van der Waals surface area contributed by atoms with Gasteiger partial charge in [-0.25, -0.2) is 4.39 Å². The first-order chi connectivity index (χ1) is 12.6. The molecule has 0 atom stereocenters. The average Bonchev–Trinajstić information content (AvgIpc) is 3.16. The number of aromatic nitrogens is 2. The maximum Gasteiger partial charge on any atom is 0.255 e. The van der Waals surface area contributed by atoms with E-state index in [4.69, 9.17) is 0 Å². The molecule has 1 heterocycles. The highest BCUT2D eigenvalue weighted by atomic mass is 19.1. The normalized spacial score (nSPS) is 10.3. The van der Waals surface area contributed by atoms with Crippen molar-refractivity contribution < 1.29 is 14.0 Å². The molecule has 0 fully saturated rings. The molecule has 7 heteroatoms. The second kappa shape index (κ2) is 8.06. The molecule has 0 aliphatic rings. The first-order valence-corrected chi connectivity index (χ1v) is 8.06. The summed E-state index contributed by atoms with van der Waals surface area (Å²) in [6.07, 6.45) is 1.41. The summed E-state index contributed by atoms with van der Waals surface area (Å²) in [5.41, 5.74) is 2.08. The number of carbonyl (C=O) groups excluding carboxylic acids is 2. The number of rotatable bonds is 6. The van der Waals surface area contributed by atoms with Crippen molar-refractivity contribution in [2.45, 2.75) is 0 Å². The maximum atomic E-state index is 13.0. The van der Waals surface area contributed by atoms with Crippen molar-refractivity contribution in [2.75, 3.05) is 13.1 Å². The fourth-order valence-electron chi connectivity index (χ4n) is 2.43. The molecule has 0 saturated heterocycles. The zero-order chi connectivity index (χ0) is 18.4. The quantitative estimate of drug-likeness (QED) is 0.595. The number of halogens is 1. The molecule has 0 aliphatic heterocycles. The largest absolute Gasteiger partial charge is 0.350 e. The standard InChI is InChI=1S/C19H17FN4O2/c20-15-8-6-13(7-9-15)17-16(12-23-24-17)19(26)22-11-10-21-18(25)14-4-2-1-3-5-14/h1-9,12H,10-11H2,(H,21,25)(H,22,26)(H,23,24). The Morgan fingerprint density at radius 1 is 0.923 bits per heavy atom. The molecule has 3 N–H and O–H groups in total. The molecular weight excluding hydrogens is 335 g/mol. The number of hydrogen-bond acceptors (Lipinski definition) is 3. The van der Waals surface area contributed by atoms with Crippen LogP contribution < -0.4 is 10.6 Å². The van der Waals surface area contributed by atoms with Gasteiger partial charge < -0.3 is 10.6 Å². The number of amides is 2. The van der Waals surface area contributed by atoms with E-state index in [0.29, 0.717) is 28.9 Å². The van der Waals surface area contributed by atoms with Crippen molar-refractivity contribution >= 4 is 11.8 Å². The van der Waals surface area contributed by atoms with Gasteiger partial charge in [-0.2, -0.15) is 5.10 Å². The summed E-state index contributed by atoms with van der Waals surface area (Å²) in [4.78, 5) is 24.2. The first kappa shape index (κ1) is 17.3. The van der Waals surface area contributed by atoms with Crippen LogP contribution in [0, 0.1) is 5.82 Å². The van der Waals surface area contributed by atoms with E-state index in [1.54, 1.807) is 36.4 Å². The molecule has 26 heavy (non-hydrogen) atoms. The lowest BCUT2D eigenvalue weighted by molar-refractivity contribution is 0.0928. The maximum absolute atomic E-state index is 13.0. The molecule has 0 spiro atoms. The molecule has 6 nitrogen and oxygen atoms in total. The number of carbonyl (C=O) groups is 2. The third kappa shape index (κ3) is 4.13. The van der Waals surface area contributed by atoms with E-state index >= 15 is 0 Å². The van der Waals surface area contributed by atoms with Crippen LogP contribution in [0.3, 0.4) is 0 Å². The molecule has 3 rings (SSSR count). The Hall–Kier alpha value is -3.48. The van der Waals surface area contributed by atoms with Crippen LogP contribution in [0.1, 0.15) is 20.7 Å². The van der Waals surface area contributed by atoms with Crippen LogP contribution in [-0.4, -0.2) is 35.1 Å². The van der Waals surface area contributed by atoms with Crippen molar-refractivity contribution in [3.8, 4) is 11.3 Å². The monoisotopic (exact) mass is 352 g/mol. The molecule has 0 unspecified atom stereocenters. The first-order valence-electron chi connectivity index (χ1n) is 8.06. The predicted octanol–water partition coefficient (Wildman–Crippen LogP) is 2.38. The van der Waals surface area contributed by atoms with Gasteiger partial charge in [-0.05, 0) is 36.4 Å². The molecular formula is C19H17FN4O2. The van der Waals surface area contributed by atoms with Gasteiger partial charge >= 0.3 is 0 Å². The van der Waals surface area contributed by atoms with Gasteiger partial charge in [-0.15, -0.1) is 0 Å². The van der Waals surface area contributed by atoms with Gasteiger partial charge in [0.2, 0.25) is 0 Å². The molecule has 0 bridgehead atoms. The molecule has 132 valence electrons. The minimum Gasteiger partial charge on any atom is -0.350 e. The number of benzene rings is 2. The highest BCUT2D eigenvalue weighted by molar-refractivity contribution is 5.99. The van der Waals surface area contributed by atoms with Crippen LogP contribution >= 0.6 is 0 Å². The summed E-state index contributed by atoms with van der Waals surface area (Å²) in [5, 5.41) is 12.1. The second-order valence-corrected chi connectivity index (χ2v) is 5.54. The number of aromatic amines is 1. The Morgan fingerprint density at radius 3 is 2.27 bits per heavy atom. The Balaban J connectivity index is 1.54. The van der Waals surface area contributed by atoms with Crippen LogP contribution in [0.2, 0.25) is 0 Å². The van der Waals surface area contributed by atoms with Gasteiger partial charge in [0.05, 0.1) is 17.5 Å². The summed E-state index contributed by atoms with van der Waals surface area (Å²) in [5.74, 6) is -0.879. The van der Waals surface area contributed by atoms with Gasteiger partial charge in [0.1, 0.15) is 5.82 Å². The Morgan fingerprint density at radius 2 is 1.58 bits per heavy atom. The van der Waals surface area contributed by atoms with E-state index in [1.165, 1.54) is 18.3 Å². The number of nitrogens with one attached hydrogen (secondary N) is 3. The van der Waals surface area contributed by atoms with Crippen molar-refractivity contribution in [3.05, 3.63) is 77.7 Å². The fourth-order valence-corrected chi connectivity index (χ4v) is 2.43. The number of H-pyrrole nitrogens is 1. The van der Waals surface area contributed by atoms with Gasteiger partial charge in [-0.3, -0.25) is 14.7 Å². The molecule has 2 aromatic carbocycles. The van der Waals surface area contributed by atoms with Crippen LogP contribution in [-0.2, 0) is 0 Å². The van der Waals surface area contributed by atoms with Gasteiger partial charge in [-0.1, -0.05) is 18.2 Å². The second-order valence-electron chi connectivity index (χ2n) is 5.54. The van der Waals surface area contributed by atoms with Gasteiger partial charge in [0, 0.05) is 24.2 Å². The lowest BCUT2D eigenvalue weighted by atomic mass is 10.1. The molecule has 3 aromatic rings. The van der Waals surface area contributed by atoms with Crippen LogP contribution in [0.25, 0.3) is 11.3 Å². The molecule has 0 radical (unpaired) electrons. The zero-order valence-corrected chi connectivity index (χ0v) is 13.8. The predicted molar refractivity (Wildman–Crippen MR) is 95.1 cm³/mol.